The molecule has 0 spiro atoms. The number of aliphatic hydroxyl groups excluding tert-OH is 1. The SMILES string of the molecule is CC(=O)OCC1=CC(OC(C)=O)C2C=COC(O[C@@H]3O[C@H](COC(C)=O)[C@@H](OC(C)=O)[C@H](OC(C)=O)[C@H]3O)C12. The summed E-state index contributed by atoms with van der Waals surface area (Å²) in [5.74, 6) is -4.36. The highest BCUT2D eigenvalue weighted by atomic mass is 16.8. The van der Waals surface area contributed by atoms with Crippen molar-refractivity contribution in [3.63, 3.8) is 0 Å². The Kier molecular flexibility index (Phi) is 10.1. The molecule has 216 valence electrons. The molecule has 9 atom stereocenters. The molecular weight excluding hydrogens is 524 g/mol. The van der Waals surface area contributed by atoms with Crippen LogP contribution >= 0.6 is 0 Å². The first-order valence-corrected chi connectivity index (χ1v) is 12.2. The van der Waals surface area contributed by atoms with Gasteiger partial charge in [-0.2, -0.15) is 0 Å². The Morgan fingerprint density at radius 2 is 1.44 bits per heavy atom. The number of hydrogen-bond acceptors (Lipinski definition) is 14. The van der Waals surface area contributed by atoms with E-state index < -0.39 is 91.4 Å². The van der Waals surface area contributed by atoms with E-state index in [-0.39, 0.29) is 6.61 Å². The van der Waals surface area contributed by atoms with E-state index >= 15 is 0 Å². The molecule has 14 heteroatoms. The first-order valence-electron chi connectivity index (χ1n) is 12.2. The van der Waals surface area contributed by atoms with Crippen molar-refractivity contribution in [1.29, 1.82) is 0 Å². The van der Waals surface area contributed by atoms with Crippen molar-refractivity contribution in [3.8, 4) is 0 Å². The van der Waals surface area contributed by atoms with Gasteiger partial charge < -0.3 is 43.0 Å². The monoisotopic (exact) mass is 556 g/mol. The number of fused-ring (bicyclic) bond motifs is 1. The van der Waals surface area contributed by atoms with Crippen molar-refractivity contribution in [3.05, 3.63) is 24.0 Å². The van der Waals surface area contributed by atoms with Crippen LogP contribution in [0, 0.1) is 11.8 Å². The molecule has 1 saturated heterocycles. The fourth-order valence-corrected chi connectivity index (χ4v) is 4.65. The molecule has 3 aliphatic rings. The first-order chi connectivity index (χ1) is 18.4. The van der Waals surface area contributed by atoms with Crippen molar-refractivity contribution in [2.45, 2.75) is 77.7 Å². The minimum Gasteiger partial charge on any atom is -0.472 e. The molecule has 4 unspecified atom stereocenters. The standard InChI is InChI=1S/C25H32O14/c1-11(26)33-9-16-8-18(35-13(3)28)17-6-7-32-24(20(16)17)39-25-21(31)23(37-15(5)30)22(36-14(4)29)19(38-25)10-34-12(2)27/h6-8,17-25,31H,9-10H2,1-5H3/t17?,18?,19-,20?,21-,22-,23-,24?,25+/m1/s1. The predicted octanol–water partition coefficient (Wildman–Crippen LogP) is 0.0525. The van der Waals surface area contributed by atoms with Crippen molar-refractivity contribution in [2.75, 3.05) is 13.2 Å². The van der Waals surface area contributed by atoms with Gasteiger partial charge in [0, 0.05) is 40.5 Å². The van der Waals surface area contributed by atoms with Gasteiger partial charge in [-0.3, -0.25) is 24.0 Å². The zero-order valence-corrected chi connectivity index (χ0v) is 22.1. The number of ether oxygens (including phenoxy) is 8. The Hall–Kier alpha value is -3.49. The van der Waals surface area contributed by atoms with Crippen LogP contribution in [-0.4, -0.2) is 91.3 Å². The minimum atomic E-state index is -1.67. The lowest BCUT2D eigenvalue weighted by atomic mass is 9.88. The molecule has 2 aliphatic heterocycles. The Morgan fingerprint density at radius 3 is 2.03 bits per heavy atom. The van der Waals surface area contributed by atoms with Crippen LogP contribution in [0.1, 0.15) is 34.6 Å². The molecule has 1 N–H and O–H groups in total. The van der Waals surface area contributed by atoms with Crippen LogP contribution in [0.2, 0.25) is 0 Å². The molecule has 0 bridgehead atoms. The third kappa shape index (κ3) is 7.77. The van der Waals surface area contributed by atoms with Crippen LogP contribution in [0.4, 0.5) is 0 Å². The van der Waals surface area contributed by atoms with Crippen LogP contribution in [0.3, 0.4) is 0 Å². The van der Waals surface area contributed by atoms with E-state index in [4.69, 9.17) is 37.9 Å². The van der Waals surface area contributed by atoms with E-state index in [1.165, 1.54) is 20.1 Å². The normalized spacial score (nSPS) is 33.1. The average molecular weight is 557 g/mol. The highest BCUT2D eigenvalue weighted by Gasteiger charge is 2.53. The molecule has 39 heavy (non-hydrogen) atoms. The molecule has 2 heterocycles. The van der Waals surface area contributed by atoms with Gasteiger partial charge in [0.2, 0.25) is 6.29 Å². The van der Waals surface area contributed by atoms with Gasteiger partial charge >= 0.3 is 29.8 Å². The third-order valence-corrected chi connectivity index (χ3v) is 6.09. The Labute approximate surface area is 224 Å². The molecule has 0 aromatic heterocycles. The van der Waals surface area contributed by atoms with E-state index in [1.807, 2.05) is 0 Å². The Bertz CT molecular complexity index is 1020. The average Bonchev–Trinajstić information content (AvgIpc) is 3.18. The van der Waals surface area contributed by atoms with Gasteiger partial charge in [-0.1, -0.05) is 0 Å². The fraction of sp³-hybridized carbons (Fsp3) is 0.640. The van der Waals surface area contributed by atoms with Crippen LogP contribution in [0.15, 0.2) is 24.0 Å². The van der Waals surface area contributed by atoms with Crippen molar-refractivity contribution >= 4 is 29.8 Å². The summed E-state index contributed by atoms with van der Waals surface area (Å²) in [6, 6.07) is 0. The summed E-state index contributed by atoms with van der Waals surface area (Å²) >= 11 is 0. The number of esters is 5. The quantitative estimate of drug-likeness (QED) is 0.229. The lowest BCUT2D eigenvalue weighted by Crippen LogP contribution is -2.62. The number of rotatable bonds is 9. The molecule has 0 aromatic carbocycles. The lowest BCUT2D eigenvalue weighted by molar-refractivity contribution is -0.341. The van der Waals surface area contributed by atoms with Crippen molar-refractivity contribution in [1.82, 2.24) is 0 Å². The van der Waals surface area contributed by atoms with Crippen LogP contribution in [0.5, 0.6) is 0 Å². The maximum atomic E-state index is 11.8. The number of aliphatic hydroxyl groups is 1. The number of hydrogen-bond donors (Lipinski definition) is 1. The van der Waals surface area contributed by atoms with Crippen LogP contribution in [0.25, 0.3) is 0 Å². The zero-order valence-electron chi connectivity index (χ0n) is 22.1. The maximum absolute atomic E-state index is 11.8. The van der Waals surface area contributed by atoms with Crippen molar-refractivity contribution < 1.29 is 67.0 Å². The smallest absolute Gasteiger partial charge is 0.303 e. The maximum Gasteiger partial charge on any atom is 0.303 e. The molecule has 0 saturated carbocycles. The van der Waals surface area contributed by atoms with Gasteiger partial charge in [-0.05, 0) is 17.7 Å². The van der Waals surface area contributed by atoms with Crippen molar-refractivity contribution in [2.24, 2.45) is 11.8 Å². The van der Waals surface area contributed by atoms with Gasteiger partial charge in [0.05, 0.1) is 12.2 Å². The molecule has 0 radical (unpaired) electrons. The first kappa shape index (κ1) is 30.1. The molecule has 1 aliphatic carbocycles. The summed E-state index contributed by atoms with van der Waals surface area (Å²) in [5.41, 5.74) is 0.534. The fourth-order valence-electron chi connectivity index (χ4n) is 4.65. The lowest BCUT2D eigenvalue weighted by Gasteiger charge is -2.44. The highest BCUT2D eigenvalue weighted by molar-refractivity contribution is 5.68. The number of carbonyl (C=O) groups is 5. The van der Waals surface area contributed by atoms with E-state index in [0.29, 0.717) is 5.57 Å². The zero-order chi connectivity index (χ0) is 28.9. The summed E-state index contributed by atoms with van der Waals surface area (Å²) < 4.78 is 43.6. The number of carbonyl (C=O) groups excluding carboxylic acids is 5. The van der Waals surface area contributed by atoms with E-state index in [9.17, 15) is 29.1 Å². The second-order valence-corrected chi connectivity index (χ2v) is 9.15. The van der Waals surface area contributed by atoms with Gasteiger partial charge in [0.15, 0.2) is 18.5 Å². The van der Waals surface area contributed by atoms with E-state index in [0.717, 1.165) is 20.8 Å². The largest absolute Gasteiger partial charge is 0.472 e. The molecule has 0 aromatic rings. The summed E-state index contributed by atoms with van der Waals surface area (Å²) in [6.45, 7) is 5.32. The Balaban J connectivity index is 1.88. The minimum absolute atomic E-state index is 0.140. The van der Waals surface area contributed by atoms with Gasteiger partial charge in [0.1, 0.15) is 31.5 Å². The molecule has 3 rings (SSSR count). The van der Waals surface area contributed by atoms with Gasteiger partial charge in [-0.15, -0.1) is 0 Å². The third-order valence-electron chi connectivity index (χ3n) is 6.09. The van der Waals surface area contributed by atoms with Crippen LogP contribution in [-0.2, 0) is 61.9 Å². The second kappa shape index (κ2) is 13.0. The molecule has 0 amide bonds. The highest BCUT2D eigenvalue weighted by Crippen LogP contribution is 2.42. The Morgan fingerprint density at radius 1 is 0.821 bits per heavy atom. The predicted molar refractivity (Wildman–Crippen MR) is 125 cm³/mol. The molecule has 14 nitrogen and oxygen atoms in total. The van der Waals surface area contributed by atoms with Gasteiger partial charge in [0.25, 0.3) is 0 Å². The van der Waals surface area contributed by atoms with E-state index in [2.05, 4.69) is 0 Å². The topological polar surface area (TPSA) is 179 Å². The summed E-state index contributed by atoms with van der Waals surface area (Å²) in [5, 5.41) is 11.1. The summed E-state index contributed by atoms with van der Waals surface area (Å²) in [6.07, 6.45) is -4.41. The summed E-state index contributed by atoms with van der Waals surface area (Å²) in [4.78, 5) is 58.2. The molecular formula is C25H32O14. The van der Waals surface area contributed by atoms with Gasteiger partial charge in [-0.25, -0.2) is 0 Å². The van der Waals surface area contributed by atoms with Crippen LogP contribution < -0.4 is 0 Å². The second-order valence-electron chi connectivity index (χ2n) is 9.15. The van der Waals surface area contributed by atoms with E-state index in [1.54, 1.807) is 12.2 Å². The molecule has 1 fully saturated rings. The summed E-state index contributed by atoms with van der Waals surface area (Å²) in [7, 11) is 0.